The molecule has 0 bridgehead atoms. The van der Waals surface area contributed by atoms with Gasteiger partial charge in [-0.15, -0.1) is 0 Å². The summed E-state index contributed by atoms with van der Waals surface area (Å²) in [6, 6.07) is 11.8. The highest BCUT2D eigenvalue weighted by Gasteiger charge is 2.17. The van der Waals surface area contributed by atoms with Crippen molar-refractivity contribution >= 4 is 39.7 Å². The Hall–Kier alpha value is -3.61. The quantitative estimate of drug-likeness (QED) is 0.452. The molecule has 0 fully saturated rings. The maximum atomic E-state index is 12.8. The number of nitrogens with one attached hydrogen (secondary N) is 2. The van der Waals surface area contributed by atoms with Gasteiger partial charge in [-0.1, -0.05) is 6.07 Å². The number of carbonyl (C=O) groups excluding carboxylic acids is 1. The van der Waals surface area contributed by atoms with E-state index in [1.54, 1.807) is 26.2 Å². The second kappa shape index (κ2) is 7.96. The van der Waals surface area contributed by atoms with Crippen molar-refractivity contribution in [2.75, 3.05) is 31.4 Å². The summed E-state index contributed by atoms with van der Waals surface area (Å²) < 4.78 is 0. The third kappa shape index (κ3) is 4.03. The zero-order chi connectivity index (χ0) is 20.3. The lowest BCUT2D eigenvalue weighted by molar-refractivity contribution is 0.106. The zero-order valence-electron chi connectivity index (χ0n) is 16.4. The number of Topliss-reactive ketones (excluding diaryl/α,β-unsaturated/α-hetero) is 1. The normalized spacial score (nSPS) is 12.3. The van der Waals surface area contributed by atoms with E-state index in [-0.39, 0.29) is 5.78 Å². The van der Waals surface area contributed by atoms with E-state index in [2.05, 4.69) is 20.3 Å². The molecule has 0 unspecified atom stereocenters. The number of hydrogen-bond donors (Lipinski definition) is 3. The number of aromatic amines is 1. The molecule has 7 heteroatoms. The van der Waals surface area contributed by atoms with Crippen molar-refractivity contribution in [3.63, 3.8) is 0 Å². The minimum atomic E-state index is -0.195. The van der Waals surface area contributed by atoms with E-state index in [4.69, 9.17) is 5.73 Å². The monoisotopic (exact) mass is 376 g/mol. The molecule has 3 aromatic rings. The fraction of sp³-hybridized carbons (Fsp3) is 0.190. The Morgan fingerprint density at radius 1 is 1.29 bits per heavy atom. The molecule has 144 valence electrons. The number of anilines is 3. The number of rotatable bonds is 6. The summed E-state index contributed by atoms with van der Waals surface area (Å²) >= 11 is 0. The van der Waals surface area contributed by atoms with Gasteiger partial charge < -0.3 is 20.9 Å². The topological polar surface area (TPSA) is 99.4 Å². The first-order valence-corrected chi connectivity index (χ1v) is 8.87. The SMILES string of the molecule is CN=C(C=C(C)N)C(=O)c1c[nH]c2nc(Nc3cccc(N(C)C)c3)ccc12. The third-order valence-electron chi connectivity index (χ3n) is 4.26. The van der Waals surface area contributed by atoms with Gasteiger partial charge in [0.05, 0.1) is 5.56 Å². The minimum absolute atomic E-state index is 0.195. The van der Waals surface area contributed by atoms with Crippen molar-refractivity contribution in [3.8, 4) is 0 Å². The Morgan fingerprint density at radius 2 is 2.07 bits per heavy atom. The summed E-state index contributed by atoms with van der Waals surface area (Å²) in [4.78, 5) is 26.5. The summed E-state index contributed by atoms with van der Waals surface area (Å²) in [6.07, 6.45) is 3.23. The molecule has 0 aliphatic rings. The Morgan fingerprint density at radius 3 is 2.75 bits per heavy atom. The maximum Gasteiger partial charge on any atom is 0.213 e. The zero-order valence-corrected chi connectivity index (χ0v) is 16.4. The number of hydrogen-bond acceptors (Lipinski definition) is 6. The second-order valence-electron chi connectivity index (χ2n) is 6.69. The van der Waals surface area contributed by atoms with Crippen LogP contribution in [-0.4, -0.2) is 42.6 Å². The standard InChI is InChI=1S/C21H24N6O/c1-13(22)10-18(23-2)20(28)17-12-24-21-16(17)8-9-19(26-21)25-14-6-5-7-15(11-14)27(3)4/h5-12H,22H2,1-4H3,(H2,24,25,26). The van der Waals surface area contributed by atoms with Crippen LogP contribution in [0.2, 0.25) is 0 Å². The highest BCUT2D eigenvalue weighted by atomic mass is 16.1. The maximum absolute atomic E-state index is 12.8. The van der Waals surface area contributed by atoms with Crippen LogP contribution in [0.1, 0.15) is 17.3 Å². The van der Waals surface area contributed by atoms with Crippen LogP contribution >= 0.6 is 0 Å². The summed E-state index contributed by atoms with van der Waals surface area (Å²) in [6.45, 7) is 1.72. The number of H-pyrrole nitrogens is 1. The van der Waals surface area contributed by atoms with Gasteiger partial charge in [-0.05, 0) is 43.3 Å². The predicted molar refractivity (Wildman–Crippen MR) is 116 cm³/mol. The molecule has 28 heavy (non-hydrogen) atoms. The first-order valence-electron chi connectivity index (χ1n) is 8.87. The predicted octanol–water partition coefficient (Wildman–Crippen LogP) is 3.49. The first kappa shape index (κ1) is 19.2. The van der Waals surface area contributed by atoms with Crippen LogP contribution in [0.3, 0.4) is 0 Å². The summed E-state index contributed by atoms with van der Waals surface area (Å²) in [5.41, 5.74) is 9.69. The summed E-state index contributed by atoms with van der Waals surface area (Å²) in [7, 11) is 5.57. The molecule has 2 aromatic heterocycles. The van der Waals surface area contributed by atoms with Crippen LogP contribution in [0.4, 0.5) is 17.2 Å². The van der Waals surface area contributed by atoms with E-state index in [0.717, 1.165) is 16.8 Å². The molecular formula is C21H24N6O. The van der Waals surface area contributed by atoms with Gasteiger partial charge in [0.15, 0.2) is 0 Å². The van der Waals surface area contributed by atoms with Crippen molar-refractivity contribution < 1.29 is 4.79 Å². The van der Waals surface area contributed by atoms with E-state index in [1.165, 1.54) is 0 Å². The highest BCUT2D eigenvalue weighted by molar-refractivity contribution is 6.51. The number of fused-ring (bicyclic) bond motifs is 1. The van der Waals surface area contributed by atoms with E-state index in [1.807, 2.05) is 55.4 Å². The number of allylic oxidation sites excluding steroid dienone is 2. The highest BCUT2D eigenvalue weighted by Crippen LogP contribution is 2.24. The number of ketones is 1. The van der Waals surface area contributed by atoms with Gasteiger partial charge in [-0.25, -0.2) is 4.98 Å². The summed E-state index contributed by atoms with van der Waals surface area (Å²) in [5, 5.41) is 4.04. The minimum Gasteiger partial charge on any atom is -0.402 e. The fourth-order valence-electron chi connectivity index (χ4n) is 2.86. The molecule has 1 aromatic carbocycles. The van der Waals surface area contributed by atoms with Gasteiger partial charge in [0.1, 0.15) is 17.2 Å². The molecule has 0 aliphatic heterocycles. The molecule has 3 rings (SSSR count). The smallest absolute Gasteiger partial charge is 0.213 e. The van der Waals surface area contributed by atoms with E-state index in [0.29, 0.717) is 28.4 Å². The number of carbonyl (C=O) groups is 1. The van der Waals surface area contributed by atoms with Crippen molar-refractivity contribution in [2.24, 2.45) is 10.7 Å². The van der Waals surface area contributed by atoms with Gasteiger partial charge in [-0.2, -0.15) is 0 Å². The van der Waals surface area contributed by atoms with Crippen molar-refractivity contribution in [2.45, 2.75) is 6.92 Å². The van der Waals surface area contributed by atoms with Gasteiger partial charge in [0, 0.05) is 49.8 Å². The lowest BCUT2D eigenvalue weighted by atomic mass is 10.1. The Kier molecular flexibility index (Phi) is 5.44. The molecular weight excluding hydrogens is 352 g/mol. The molecule has 0 radical (unpaired) electrons. The number of nitrogens with zero attached hydrogens (tertiary/aromatic N) is 3. The average Bonchev–Trinajstić information content (AvgIpc) is 3.08. The van der Waals surface area contributed by atoms with Crippen LogP contribution in [0.15, 0.2) is 59.4 Å². The van der Waals surface area contributed by atoms with Crippen LogP contribution in [0, 0.1) is 0 Å². The molecule has 2 heterocycles. The van der Waals surface area contributed by atoms with Crippen LogP contribution in [0.5, 0.6) is 0 Å². The second-order valence-corrected chi connectivity index (χ2v) is 6.69. The third-order valence-corrected chi connectivity index (χ3v) is 4.26. The molecule has 0 spiro atoms. The molecule has 4 N–H and O–H groups in total. The lowest BCUT2D eigenvalue weighted by Gasteiger charge is -2.14. The van der Waals surface area contributed by atoms with Gasteiger partial charge in [-0.3, -0.25) is 9.79 Å². The summed E-state index contributed by atoms with van der Waals surface area (Å²) in [5.74, 6) is 0.492. The number of aliphatic imine (C=N–C) groups is 1. The van der Waals surface area contributed by atoms with Gasteiger partial charge in [0.25, 0.3) is 0 Å². The first-order chi connectivity index (χ1) is 13.4. The molecule has 0 atom stereocenters. The van der Waals surface area contributed by atoms with Gasteiger partial charge >= 0.3 is 0 Å². The van der Waals surface area contributed by atoms with E-state index < -0.39 is 0 Å². The molecule has 0 aliphatic carbocycles. The number of benzene rings is 1. The Balaban J connectivity index is 1.89. The van der Waals surface area contributed by atoms with Crippen LogP contribution in [0.25, 0.3) is 11.0 Å². The van der Waals surface area contributed by atoms with E-state index in [9.17, 15) is 4.79 Å². The van der Waals surface area contributed by atoms with Crippen molar-refractivity contribution in [3.05, 3.63) is 59.9 Å². The van der Waals surface area contributed by atoms with Crippen LogP contribution in [-0.2, 0) is 0 Å². The number of aromatic nitrogens is 2. The fourth-order valence-corrected chi connectivity index (χ4v) is 2.86. The number of pyridine rings is 1. The average molecular weight is 376 g/mol. The molecule has 0 saturated carbocycles. The molecule has 0 amide bonds. The lowest BCUT2D eigenvalue weighted by Crippen LogP contribution is -2.13. The molecule has 0 saturated heterocycles. The largest absolute Gasteiger partial charge is 0.402 e. The Bertz CT molecular complexity index is 1070. The van der Waals surface area contributed by atoms with Crippen LogP contribution < -0.4 is 16.0 Å². The molecule has 7 nitrogen and oxygen atoms in total. The van der Waals surface area contributed by atoms with E-state index >= 15 is 0 Å². The number of nitrogens with two attached hydrogens (primary N) is 1. The Labute approximate surface area is 164 Å². The van der Waals surface area contributed by atoms with Crippen molar-refractivity contribution in [1.82, 2.24) is 9.97 Å². The van der Waals surface area contributed by atoms with Gasteiger partial charge in [0.2, 0.25) is 5.78 Å². The van der Waals surface area contributed by atoms with Crippen molar-refractivity contribution in [1.29, 1.82) is 0 Å².